The molecule has 0 amide bonds. The van der Waals surface area contributed by atoms with Crippen molar-refractivity contribution in [1.82, 2.24) is 0 Å². The normalized spacial score (nSPS) is 12.2. The molecule has 4 N–H and O–H groups in total. The maximum absolute atomic E-state index is 11.1. The third-order valence-electron chi connectivity index (χ3n) is 1.69. The monoisotopic (exact) mass is 202 g/mol. The molecule has 82 valence electrons. The molecule has 0 aliphatic heterocycles. The van der Waals surface area contributed by atoms with Crippen molar-refractivity contribution in [2.24, 2.45) is 11.5 Å². The Morgan fingerprint density at radius 1 is 1.36 bits per heavy atom. The van der Waals surface area contributed by atoms with E-state index in [1.165, 1.54) is 6.92 Å². The van der Waals surface area contributed by atoms with E-state index >= 15 is 0 Å². The second-order valence-electron chi connectivity index (χ2n) is 3.20. The van der Waals surface area contributed by atoms with Crippen LogP contribution in [0, 0.1) is 0 Å². The number of hydrogen-bond donors (Lipinski definition) is 2. The van der Waals surface area contributed by atoms with E-state index in [0.29, 0.717) is 13.0 Å². The number of esters is 1. The Balaban J connectivity index is 3.59. The summed E-state index contributed by atoms with van der Waals surface area (Å²) in [6, 6.07) is -0.638. The zero-order valence-corrected chi connectivity index (χ0v) is 8.49. The number of rotatable bonds is 7. The van der Waals surface area contributed by atoms with Gasteiger partial charge in [0, 0.05) is 0 Å². The predicted octanol–water partition coefficient (Wildman–Crippen LogP) is -0.425. The molecule has 5 nitrogen and oxygen atoms in total. The second-order valence-corrected chi connectivity index (χ2v) is 3.20. The molecule has 5 heteroatoms. The van der Waals surface area contributed by atoms with Crippen molar-refractivity contribution in [3.63, 3.8) is 0 Å². The first-order valence-corrected chi connectivity index (χ1v) is 4.69. The van der Waals surface area contributed by atoms with Gasteiger partial charge >= 0.3 is 5.97 Å². The highest BCUT2D eigenvalue weighted by Gasteiger charge is 2.14. The van der Waals surface area contributed by atoms with Crippen LogP contribution in [-0.4, -0.2) is 30.9 Å². The van der Waals surface area contributed by atoms with Crippen molar-refractivity contribution in [2.45, 2.75) is 32.2 Å². The highest BCUT2D eigenvalue weighted by atomic mass is 16.5. The number of ketones is 1. The quantitative estimate of drug-likeness (QED) is 0.431. The Morgan fingerprint density at radius 3 is 2.50 bits per heavy atom. The van der Waals surface area contributed by atoms with Crippen molar-refractivity contribution >= 4 is 11.8 Å². The first-order valence-electron chi connectivity index (χ1n) is 4.69. The molecule has 0 aliphatic rings. The van der Waals surface area contributed by atoms with E-state index in [0.717, 1.165) is 12.8 Å². The predicted molar refractivity (Wildman–Crippen MR) is 52.5 cm³/mol. The standard InChI is InChI=1S/C9H18N2O3/c1-7(12)6-14-9(13)8(11)4-2-3-5-10/h8H,2-6,10-11H2,1H3. The van der Waals surface area contributed by atoms with Crippen LogP contribution in [0.4, 0.5) is 0 Å². The van der Waals surface area contributed by atoms with Crippen LogP contribution in [0.3, 0.4) is 0 Å². The molecule has 0 heterocycles. The van der Waals surface area contributed by atoms with Crippen LogP contribution in [0.2, 0.25) is 0 Å². The first-order chi connectivity index (χ1) is 6.57. The van der Waals surface area contributed by atoms with E-state index in [1.807, 2.05) is 0 Å². The van der Waals surface area contributed by atoms with E-state index in [2.05, 4.69) is 4.74 Å². The molecule has 0 fully saturated rings. The summed E-state index contributed by atoms with van der Waals surface area (Å²) in [5.74, 6) is -0.704. The molecule has 0 saturated heterocycles. The molecule has 0 aromatic carbocycles. The van der Waals surface area contributed by atoms with E-state index in [-0.39, 0.29) is 12.4 Å². The summed E-state index contributed by atoms with van der Waals surface area (Å²) in [4.78, 5) is 21.6. The van der Waals surface area contributed by atoms with Gasteiger partial charge in [-0.2, -0.15) is 0 Å². The van der Waals surface area contributed by atoms with Crippen molar-refractivity contribution < 1.29 is 14.3 Å². The topological polar surface area (TPSA) is 95.4 Å². The number of Topliss-reactive ketones (excluding diaryl/α,β-unsaturated/α-hetero) is 1. The van der Waals surface area contributed by atoms with Crippen LogP contribution in [0.25, 0.3) is 0 Å². The van der Waals surface area contributed by atoms with Crippen molar-refractivity contribution in [2.75, 3.05) is 13.2 Å². The highest BCUT2D eigenvalue weighted by Crippen LogP contribution is 1.99. The summed E-state index contributed by atoms with van der Waals surface area (Å²) in [5, 5.41) is 0. The summed E-state index contributed by atoms with van der Waals surface area (Å²) in [5.41, 5.74) is 10.8. The number of carbonyl (C=O) groups excluding carboxylic acids is 2. The number of nitrogens with two attached hydrogens (primary N) is 2. The van der Waals surface area contributed by atoms with Crippen LogP contribution in [0.1, 0.15) is 26.2 Å². The van der Waals surface area contributed by atoms with Crippen LogP contribution in [0.15, 0.2) is 0 Å². The lowest BCUT2D eigenvalue weighted by Gasteiger charge is -2.09. The summed E-state index contributed by atoms with van der Waals surface area (Å²) in [6.07, 6.45) is 2.19. The van der Waals surface area contributed by atoms with Crippen LogP contribution >= 0.6 is 0 Å². The summed E-state index contributed by atoms with van der Waals surface area (Å²) in [6.45, 7) is 1.76. The fourth-order valence-corrected chi connectivity index (χ4v) is 0.906. The lowest BCUT2D eigenvalue weighted by atomic mass is 10.1. The fourth-order valence-electron chi connectivity index (χ4n) is 0.906. The van der Waals surface area contributed by atoms with E-state index in [9.17, 15) is 9.59 Å². The molecular weight excluding hydrogens is 184 g/mol. The molecular formula is C9H18N2O3. The van der Waals surface area contributed by atoms with Crippen molar-refractivity contribution in [1.29, 1.82) is 0 Å². The third-order valence-corrected chi connectivity index (χ3v) is 1.69. The zero-order valence-electron chi connectivity index (χ0n) is 8.49. The third kappa shape index (κ3) is 6.56. The maximum atomic E-state index is 11.1. The van der Waals surface area contributed by atoms with Gasteiger partial charge in [-0.05, 0) is 26.3 Å². The SMILES string of the molecule is CC(=O)COC(=O)C(N)CCCCN. The number of hydrogen-bond acceptors (Lipinski definition) is 5. The lowest BCUT2D eigenvalue weighted by molar-refractivity contribution is -0.149. The van der Waals surface area contributed by atoms with Crippen molar-refractivity contribution in [3.05, 3.63) is 0 Å². The number of ether oxygens (including phenoxy) is 1. The Morgan fingerprint density at radius 2 is 2.00 bits per heavy atom. The van der Waals surface area contributed by atoms with Gasteiger partial charge < -0.3 is 16.2 Å². The average Bonchev–Trinajstić information content (AvgIpc) is 2.14. The summed E-state index contributed by atoms with van der Waals surface area (Å²) in [7, 11) is 0. The van der Waals surface area contributed by atoms with Crippen LogP contribution in [0.5, 0.6) is 0 Å². The minimum atomic E-state index is -0.638. The minimum Gasteiger partial charge on any atom is -0.457 e. The lowest BCUT2D eigenvalue weighted by Crippen LogP contribution is -2.33. The molecule has 0 aromatic rings. The van der Waals surface area contributed by atoms with Gasteiger partial charge in [0.25, 0.3) is 0 Å². The molecule has 0 bridgehead atoms. The molecule has 0 aromatic heterocycles. The number of carbonyl (C=O) groups is 2. The van der Waals surface area contributed by atoms with Gasteiger partial charge in [-0.25, -0.2) is 0 Å². The summed E-state index contributed by atoms with van der Waals surface area (Å²) >= 11 is 0. The van der Waals surface area contributed by atoms with E-state index in [4.69, 9.17) is 11.5 Å². The molecule has 0 aliphatic carbocycles. The van der Waals surface area contributed by atoms with Crippen LogP contribution < -0.4 is 11.5 Å². The largest absolute Gasteiger partial charge is 0.457 e. The van der Waals surface area contributed by atoms with Gasteiger partial charge in [0.2, 0.25) is 0 Å². The molecule has 1 atom stereocenters. The Kier molecular flexibility index (Phi) is 6.96. The van der Waals surface area contributed by atoms with Gasteiger partial charge in [-0.3, -0.25) is 9.59 Å². The Hall–Kier alpha value is -0.940. The van der Waals surface area contributed by atoms with Gasteiger partial charge in [0.1, 0.15) is 12.6 Å². The smallest absolute Gasteiger partial charge is 0.323 e. The van der Waals surface area contributed by atoms with Gasteiger partial charge in [-0.1, -0.05) is 6.42 Å². The van der Waals surface area contributed by atoms with Crippen molar-refractivity contribution in [3.8, 4) is 0 Å². The molecule has 0 saturated carbocycles. The Labute approximate surface area is 83.8 Å². The first kappa shape index (κ1) is 13.1. The minimum absolute atomic E-state index is 0.187. The fraction of sp³-hybridized carbons (Fsp3) is 0.778. The molecule has 0 spiro atoms. The highest BCUT2D eigenvalue weighted by molar-refractivity contribution is 5.82. The number of unbranched alkanes of at least 4 members (excludes halogenated alkanes) is 1. The van der Waals surface area contributed by atoms with E-state index < -0.39 is 12.0 Å². The second kappa shape index (κ2) is 7.46. The van der Waals surface area contributed by atoms with Gasteiger partial charge in [0.05, 0.1) is 0 Å². The maximum Gasteiger partial charge on any atom is 0.323 e. The molecule has 0 radical (unpaired) electrons. The Bertz CT molecular complexity index is 194. The molecule has 14 heavy (non-hydrogen) atoms. The van der Waals surface area contributed by atoms with Gasteiger partial charge in [-0.15, -0.1) is 0 Å². The average molecular weight is 202 g/mol. The van der Waals surface area contributed by atoms with E-state index in [1.54, 1.807) is 0 Å². The van der Waals surface area contributed by atoms with Gasteiger partial charge in [0.15, 0.2) is 5.78 Å². The molecule has 1 unspecified atom stereocenters. The summed E-state index contributed by atoms with van der Waals surface area (Å²) < 4.78 is 4.65. The van der Waals surface area contributed by atoms with Crippen LogP contribution in [-0.2, 0) is 14.3 Å². The molecule has 0 rings (SSSR count). The zero-order chi connectivity index (χ0) is 11.0.